The topological polar surface area (TPSA) is 3.24 Å². The molecule has 0 bridgehead atoms. The monoisotopic (exact) mass is 261 g/mol. The van der Waals surface area contributed by atoms with Crippen LogP contribution in [-0.2, 0) is 0 Å². The van der Waals surface area contributed by atoms with Crippen LogP contribution in [0.15, 0.2) is 60.2 Å². The third kappa shape index (κ3) is 1.74. The molecule has 0 fully saturated rings. The van der Waals surface area contributed by atoms with Crippen molar-refractivity contribution in [3.8, 4) is 0 Å². The molecular formula is C19H19N. The zero-order valence-corrected chi connectivity index (χ0v) is 11.8. The van der Waals surface area contributed by atoms with Gasteiger partial charge in [0.25, 0.3) is 0 Å². The van der Waals surface area contributed by atoms with Gasteiger partial charge in [-0.05, 0) is 35.7 Å². The standard InChI is InChI=1S/C19H19N/c1-20-12-11-17-18(13-20)15-9-5-6-10-16(15)19(17)14-7-3-2-4-8-14/h2-10,19H,11-13H2,1H3. The van der Waals surface area contributed by atoms with Crippen molar-refractivity contribution in [2.24, 2.45) is 0 Å². The van der Waals surface area contributed by atoms with E-state index in [9.17, 15) is 0 Å². The molecule has 0 aromatic heterocycles. The zero-order valence-electron chi connectivity index (χ0n) is 11.8. The molecule has 0 spiro atoms. The van der Waals surface area contributed by atoms with Gasteiger partial charge in [0.1, 0.15) is 0 Å². The van der Waals surface area contributed by atoms with E-state index in [0.717, 1.165) is 6.54 Å². The first-order chi connectivity index (χ1) is 9.84. The van der Waals surface area contributed by atoms with Crippen molar-refractivity contribution in [2.45, 2.75) is 12.3 Å². The SMILES string of the molecule is CN1CCC2=C(C1)c1ccccc1C2c1ccccc1. The normalized spacial score (nSPS) is 21.8. The molecule has 100 valence electrons. The van der Waals surface area contributed by atoms with Gasteiger partial charge in [-0.3, -0.25) is 0 Å². The first-order valence-electron chi connectivity index (χ1n) is 7.39. The fraction of sp³-hybridized carbons (Fsp3) is 0.263. The van der Waals surface area contributed by atoms with E-state index in [-0.39, 0.29) is 0 Å². The van der Waals surface area contributed by atoms with E-state index in [4.69, 9.17) is 0 Å². The van der Waals surface area contributed by atoms with Crippen LogP contribution in [0.1, 0.15) is 29.0 Å². The number of rotatable bonds is 1. The van der Waals surface area contributed by atoms with E-state index in [2.05, 4.69) is 66.5 Å². The van der Waals surface area contributed by atoms with E-state index in [0.29, 0.717) is 5.92 Å². The molecule has 2 aromatic carbocycles. The molecular weight excluding hydrogens is 242 g/mol. The highest BCUT2D eigenvalue weighted by atomic mass is 15.1. The highest BCUT2D eigenvalue weighted by Gasteiger charge is 2.33. The Labute approximate surface area is 120 Å². The van der Waals surface area contributed by atoms with Crippen LogP contribution < -0.4 is 0 Å². The van der Waals surface area contributed by atoms with Crippen LogP contribution in [0.3, 0.4) is 0 Å². The third-order valence-electron chi connectivity index (χ3n) is 4.66. The molecule has 0 N–H and O–H groups in total. The molecule has 0 saturated heterocycles. The summed E-state index contributed by atoms with van der Waals surface area (Å²) in [6.45, 7) is 2.27. The lowest BCUT2D eigenvalue weighted by molar-refractivity contribution is 0.365. The summed E-state index contributed by atoms with van der Waals surface area (Å²) in [6.07, 6.45) is 1.19. The Balaban J connectivity index is 1.90. The minimum atomic E-state index is 0.482. The number of hydrogen-bond acceptors (Lipinski definition) is 1. The molecule has 1 atom stereocenters. The third-order valence-corrected chi connectivity index (χ3v) is 4.66. The summed E-state index contributed by atoms with van der Waals surface area (Å²) < 4.78 is 0. The summed E-state index contributed by atoms with van der Waals surface area (Å²) in [6, 6.07) is 19.9. The van der Waals surface area contributed by atoms with Gasteiger partial charge in [0.2, 0.25) is 0 Å². The van der Waals surface area contributed by atoms with Crippen LogP contribution in [0.25, 0.3) is 5.57 Å². The Morgan fingerprint density at radius 3 is 2.55 bits per heavy atom. The molecule has 4 rings (SSSR count). The van der Waals surface area contributed by atoms with Gasteiger partial charge in [0.05, 0.1) is 0 Å². The van der Waals surface area contributed by atoms with Crippen LogP contribution in [0.2, 0.25) is 0 Å². The smallest absolute Gasteiger partial charge is 0.0311 e. The van der Waals surface area contributed by atoms with Crippen molar-refractivity contribution >= 4 is 5.57 Å². The second kappa shape index (κ2) is 4.60. The predicted octanol–water partition coefficient (Wildman–Crippen LogP) is 3.92. The average Bonchev–Trinajstić information content (AvgIpc) is 2.82. The van der Waals surface area contributed by atoms with Crippen molar-refractivity contribution in [1.29, 1.82) is 0 Å². The first-order valence-corrected chi connectivity index (χ1v) is 7.39. The van der Waals surface area contributed by atoms with Gasteiger partial charge in [-0.25, -0.2) is 0 Å². The van der Waals surface area contributed by atoms with Crippen LogP contribution in [-0.4, -0.2) is 25.0 Å². The Kier molecular flexibility index (Phi) is 2.75. The van der Waals surface area contributed by atoms with E-state index in [1.54, 1.807) is 11.1 Å². The van der Waals surface area contributed by atoms with Crippen molar-refractivity contribution in [3.63, 3.8) is 0 Å². The van der Waals surface area contributed by atoms with Crippen LogP contribution in [0, 0.1) is 0 Å². The number of nitrogens with zero attached hydrogens (tertiary/aromatic N) is 1. The molecule has 1 aliphatic carbocycles. The fourth-order valence-electron chi connectivity index (χ4n) is 3.73. The number of likely N-dealkylation sites (N-methyl/N-ethyl adjacent to an activating group) is 1. The molecule has 1 heterocycles. The van der Waals surface area contributed by atoms with Gasteiger partial charge in [0, 0.05) is 19.0 Å². The maximum atomic E-state index is 2.43. The molecule has 0 radical (unpaired) electrons. The summed E-state index contributed by atoms with van der Waals surface area (Å²) in [4.78, 5) is 2.43. The lowest BCUT2D eigenvalue weighted by Gasteiger charge is -2.27. The van der Waals surface area contributed by atoms with Crippen LogP contribution in [0.5, 0.6) is 0 Å². The Morgan fingerprint density at radius 2 is 1.70 bits per heavy atom. The highest BCUT2D eigenvalue weighted by Crippen LogP contribution is 2.48. The number of fused-ring (bicyclic) bond motifs is 2. The van der Waals surface area contributed by atoms with Crippen LogP contribution in [0.4, 0.5) is 0 Å². The van der Waals surface area contributed by atoms with Gasteiger partial charge in [-0.15, -0.1) is 0 Å². The quantitative estimate of drug-likeness (QED) is 0.752. The highest BCUT2D eigenvalue weighted by molar-refractivity contribution is 5.81. The Bertz CT molecular complexity index is 669. The number of hydrogen-bond donors (Lipinski definition) is 0. The fourth-order valence-corrected chi connectivity index (χ4v) is 3.73. The summed E-state index contributed by atoms with van der Waals surface area (Å²) in [5.74, 6) is 0.482. The maximum absolute atomic E-state index is 2.43. The molecule has 0 amide bonds. The van der Waals surface area contributed by atoms with E-state index < -0.39 is 0 Å². The van der Waals surface area contributed by atoms with Crippen molar-refractivity contribution in [2.75, 3.05) is 20.1 Å². The van der Waals surface area contributed by atoms with E-state index in [1.807, 2.05) is 0 Å². The number of benzene rings is 2. The summed E-state index contributed by atoms with van der Waals surface area (Å²) in [7, 11) is 2.22. The van der Waals surface area contributed by atoms with Crippen LogP contribution >= 0.6 is 0 Å². The molecule has 1 aliphatic heterocycles. The Hall–Kier alpha value is -1.86. The molecule has 0 saturated carbocycles. The van der Waals surface area contributed by atoms with Gasteiger partial charge < -0.3 is 4.90 Å². The summed E-state index contributed by atoms with van der Waals surface area (Å²) in [5, 5.41) is 0. The molecule has 2 aromatic rings. The molecule has 2 aliphatic rings. The predicted molar refractivity (Wildman–Crippen MR) is 83.8 cm³/mol. The van der Waals surface area contributed by atoms with Crippen molar-refractivity contribution < 1.29 is 0 Å². The van der Waals surface area contributed by atoms with E-state index >= 15 is 0 Å². The minimum Gasteiger partial charge on any atom is -0.302 e. The van der Waals surface area contributed by atoms with Gasteiger partial charge in [-0.2, -0.15) is 0 Å². The summed E-state index contributed by atoms with van der Waals surface area (Å²) in [5.41, 5.74) is 7.63. The zero-order chi connectivity index (χ0) is 13.5. The van der Waals surface area contributed by atoms with Gasteiger partial charge in [-0.1, -0.05) is 60.2 Å². The summed E-state index contributed by atoms with van der Waals surface area (Å²) >= 11 is 0. The van der Waals surface area contributed by atoms with Gasteiger partial charge >= 0.3 is 0 Å². The van der Waals surface area contributed by atoms with Crippen molar-refractivity contribution in [1.82, 2.24) is 4.90 Å². The second-order valence-corrected chi connectivity index (χ2v) is 5.92. The van der Waals surface area contributed by atoms with Gasteiger partial charge in [0.15, 0.2) is 0 Å². The van der Waals surface area contributed by atoms with E-state index in [1.165, 1.54) is 29.7 Å². The Morgan fingerprint density at radius 1 is 0.950 bits per heavy atom. The first kappa shape index (κ1) is 11.9. The molecule has 1 heteroatoms. The molecule has 1 nitrogen and oxygen atoms in total. The second-order valence-electron chi connectivity index (χ2n) is 5.92. The average molecular weight is 261 g/mol. The lowest BCUT2D eigenvalue weighted by atomic mass is 9.86. The molecule has 1 unspecified atom stereocenters. The maximum Gasteiger partial charge on any atom is 0.0311 e. The molecule has 20 heavy (non-hydrogen) atoms. The van der Waals surface area contributed by atoms with Crippen molar-refractivity contribution in [3.05, 3.63) is 76.9 Å². The minimum absolute atomic E-state index is 0.482. The lowest BCUT2D eigenvalue weighted by Crippen LogP contribution is -2.26. The largest absolute Gasteiger partial charge is 0.302 e.